The lowest BCUT2D eigenvalue weighted by atomic mass is 9.56. The Balaban J connectivity index is 2.11. The van der Waals surface area contributed by atoms with Crippen LogP contribution in [0.1, 0.15) is 50.3 Å². The number of allylic oxidation sites excluding steroid dienone is 2. The maximum absolute atomic E-state index is 13.7. The second-order valence-electron chi connectivity index (χ2n) is 7.80. The van der Waals surface area contributed by atoms with Gasteiger partial charge in [-0.3, -0.25) is 9.59 Å². The molecule has 0 N–H and O–H groups in total. The first-order valence-electron chi connectivity index (χ1n) is 8.85. The van der Waals surface area contributed by atoms with Crippen LogP contribution in [0, 0.1) is 5.41 Å². The van der Waals surface area contributed by atoms with Crippen LogP contribution in [0.2, 0.25) is 0 Å². The Hall–Kier alpha value is -2.48. The molecule has 25 heavy (non-hydrogen) atoms. The van der Waals surface area contributed by atoms with Gasteiger partial charge < -0.3 is 0 Å². The molecule has 0 heterocycles. The first-order valence-corrected chi connectivity index (χ1v) is 8.85. The Labute approximate surface area is 148 Å². The van der Waals surface area contributed by atoms with E-state index in [-0.39, 0.29) is 11.6 Å². The van der Waals surface area contributed by atoms with Gasteiger partial charge in [-0.2, -0.15) is 0 Å². The first kappa shape index (κ1) is 16.0. The standard InChI is InChI=1S/C23H22O2/c1-15-17-11-7-8-12-18(17)23(20(15)16-9-5-4-6-10-16)19(24)13-14-22(2,3)21(23)25/h4-12H,13-14H2,1-3H3/t23-/m0/s1. The fraction of sp³-hybridized carbons (Fsp3) is 0.304. The zero-order valence-corrected chi connectivity index (χ0v) is 14.9. The molecule has 126 valence electrons. The molecule has 0 bridgehead atoms. The monoisotopic (exact) mass is 330 g/mol. The van der Waals surface area contributed by atoms with Crippen LogP contribution in [0.5, 0.6) is 0 Å². The summed E-state index contributed by atoms with van der Waals surface area (Å²) in [5, 5.41) is 0. The highest BCUT2D eigenvalue weighted by atomic mass is 16.2. The number of carbonyl (C=O) groups is 2. The maximum Gasteiger partial charge on any atom is 0.160 e. The van der Waals surface area contributed by atoms with Crippen molar-refractivity contribution < 1.29 is 9.59 Å². The minimum atomic E-state index is -1.15. The van der Waals surface area contributed by atoms with Gasteiger partial charge in [0, 0.05) is 11.8 Å². The average Bonchev–Trinajstić information content (AvgIpc) is 2.88. The molecule has 0 aromatic heterocycles. The number of carbonyl (C=O) groups excluding carboxylic acids is 2. The Kier molecular flexibility index (Phi) is 3.37. The quantitative estimate of drug-likeness (QED) is 0.702. The maximum atomic E-state index is 13.7. The molecule has 2 aromatic carbocycles. The largest absolute Gasteiger partial charge is 0.298 e. The van der Waals surface area contributed by atoms with Gasteiger partial charge in [0.15, 0.2) is 11.6 Å². The van der Waals surface area contributed by atoms with E-state index in [0.29, 0.717) is 12.8 Å². The van der Waals surface area contributed by atoms with Gasteiger partial charge in [-0.05, 0) is 41.2 Å². The fourth-order valence-corrected chi connectivity index (χ4v) is 4.61. The highest BCUT2D eigenvalue weighted by Crippen LogP contribution is 2.57. The molecule has 0 unspecified atom stereocenters. The summed E-state index contributed by atoms with van der Waals surface area (Å²) < 4.78 is 0. The third kappa shape index (κ3) is 1.97. The van der Waals surface area contributed by atoms with Crippen molar-refractivity contribution in [3.05, 3.63) is 71.3 Å². The first-order chi connectivity index (χ1) is 11.9. The van der Waals surface area contributed by atoms with E-state index >= 15 is 0 Å². The van der Waals surface area contributed by atoms with Crippen LogP contribution in [-0.4, -0.2) is 11.6 Å². The third-order valence-electron chi connectivity index (χ3n) is 5.90. The minimum absolute atomic E-state index is 0.0411. The van der Waals surface area contributed by atoms with Crippen LogP contribution in [0.15, 0.2) is 54.6 Å². The van der Waals surface area contributed by atoms with Crippen molar-refractivity contribution in [1.82, 2.24) is 0 Å². The molecule has 0 aliphatic heterocycles. The van der Waals surface area contributed by atoms with Crippen molar-refractivity contribution in [2.45, 2.75) is 39.0 Å². The van der Waals surface area contributed by atoms with Gasteiger partial charge in [0.25, 0.3) is 0 Å². The van der Waals surface area contributed by atoms with Crippen LogP contribution in [0.4, 0.5) is 0 Å². The second kappa shape index (κ2) is 5.26. The molecule has 1 saturated carbocycles. The molecule has 2 nitrogen and oxygen atoms in total. The summed E-state index contributed by atoms with van der Waals surface area (Å²) >= 11 is 0. The van der Waals surface area contributed by atoms with Crippen molar-refractivity contribution in [3.8, 4) is 0 Å². The van der Waals surface area contributed by atoms with Gasteiger partial charge in [0.05, 0.1) is 0 Å². The summed E-state index contributed by atoms with van der Waals surface area (Å²) in [5.41, 5.74) is 3.14. The van der Waals surface area contributed by atoms with Crippen LogP contribution in [-0.2, 0) is 15.0 Å². The molecule has 2 aromatic rings. The number of rotatable bonds is 1. The number of hydrogen-bond donors (Lipinski definition) is 0. The van der Waals surface area contributed by atoms with Gasteiger partial charge in [-0.15, -0.1) is 0 Å². The molecule has 0 radical (unpaired) electrons. The molecule has 0 amide bonds. The Bertz CT molecular complexity index is 918. The van der Waals surface area contributed by atoms with Crippen LogP contribution < -0.4 is 0 Å². The Morgan fingerprint density at radius 3 is 2.24 bits per heavy atom. The average molecular weight is 330 g/mol. The van der Waals surface area contributed by atoms with E-state index in [4.69, 9.17) is 0 Å². The molecule has 1 fully saturated rings. The molecule has 0 saturated heterocycles. The molecule has 2 heteroatoms. The lowest BCUT2D eigenvalue weighted by Crippen LogP contribution is -2.53. The summed E-state index contributed by atoms with van der Waals surface area (Å²) in [4.78, 5) is 27.1. The molecular weight excluding hydrogens is 308 g/mol. The molecule has 2 aliphatic carbocycles. The van der Waals surface area contributed by atoms with Crippen molar-refractivity contribution in [3.63, 3.8) is 0 Å². The predicted molar refractivity (Wildman–Crippen MR) is 100 cm³/mol. The number of fused-ring (bicyclic) bond motifs is 2. The lowest BCUT2D eigenvalue weighted by Gasteiger charge is -2.42. The summed E-state index contributed by atoms with van der Waals surface area (Å²) in [6, 6.07) is 17.8. The number of benzene rings is 2. The van der Waals surface area contributed by atoms with E-state index in [0.717, 1.165) is 27.8 Å². The van der Waals surface area contributed by atoms with Gasteiger partial charge in [0.1, 0.15) is 5.41 Å². The number of ketones is 2. The van der Waals surface area contributed by atoms with E-state index < -0.39 is 10.8 Å². The Morgan fingerprint density at radius 1 is 0.880 bits per heavy atom. The van der Waals surface area contributed by atoms with E-state index in [1.54, 1.807) is 0 Å². The van der Waals surface area contributed by atoms with Crippen molar-refractivity contribution >= 4 is 22.7 Å². The molecule has 1 spiro atoms. The number of hydrogen-bond acceptors (Lipinski definition) is 2. The minimum Gasteiger partial charge on any atom is -0.298 e. The SMILES string of the molecule is CC1=C(c2ccccc2)[C@@]2(C(=O)CCC(C)(C)C2=O)c2ccccc21. The summed E-state index contributed by atoms with van der Waals surface area (Å²) in [7, 11) is 0. The molecule has 1 atom stereocenters. The number of Topliss-reactive ketones (excluding diaryl/α,β-unsaturated/α-hetero) is 2. The highest BCUT2D eigenvalue weighted by Gasteiger charge is 2.60. The molecule has 2 aliphatic rings. The third-order valence-corrected chi connectivity index (χ3v) is 5.90. The molecule has 4 rings (SSSR count). The van der Waals surface area contributed by atoms with Crippen molar-refractivity contribution in [2.75, 3.05) is 0 Å². The van der Waals surface area contributed by atoms with E-state index in [1.165, 1.54) is 0 Å². The van der Waals surface area contributed by atoms with Gasteiger partial charge in [0.2, 0.25) is 0 Å². The zero-order valence-electron chi connectivity index (χ0n) is 14.9. The molecular formula is C23H22O2. The van der Waals surface area contributed by atoms with E-state index in [1.807, 2.05) is 75.4 Å². The van der Waals surface area contributed by atoms with Crippen molar-refractivity contribution in [1.29, 1.82) is 0 Å². The highest BCUT2D eigenvalue weighted by molar-refractivity contribution is 6.31. The van der Waals surface area contributed by atoms with Crippen LogP contribution in [0.3, 0.4) is 0 Å². The Morgan fingerprint density at radius 2 is 1.52 bits per heavy atom. The van der Waals surface area contributed by atoms with Gasteiger partial charge in [-0.1, -0.05) is 68.4 Å². The van der Waals surface area contributed by atoms with E-state index in [2.05, 4.69) is 0 Å². The second-order valence-corrected chi connectivity index (χ2v) is 7.80. The fourth-order valence-electron chi connectivity index (χ4n) is 4.61. The lowest BCUT2D eigenvalue weighted by molar-refractivity contribution is -0.142. The topological polar surface area (TPSA) is 34.1 Å². The zero-order chi connectivity index (χ0) is 17.8. The predicted octanol–water partition coefficient (Wildman–Crippen LogP) is 4.83. The van der Waals surface area contributed by atoms with Crippen LogP contribution in [0.25, 0.3) is 11.1 Å². The summed E-state index contributed by atoms with van der Waals surface area (Å²) in [6.07, 6.45) is 1.06. The normalized spacial score (nSPS) is 24.8. The smallest absolute Gasteiger partial charge is 0.160 e. The van der Waals surface area contributed by atoms with Crippen LogP contribution >= 0.6 is 0 Å². The van der Waals surface area contributed by atoms with E-state index in [9.17, 15) is 9.59 Å². The van der Waals surface area contributed by atoms with Gasteiger partial charge >= 0.3 is 0 Å². The van der Waals surface area contributed by atoms with Gasteiger partial charge in [-0.25, -0.2) is 0 Å². The summed E-state index contributed by atoms with van der Waals surface area (Å²) in [5.74, 6) is 0.0828. The van der Waals surface area contributed by atoms with Crippen molar-refractivity contribution in [2.24, 2.45) is 5.41 Å². The summed E-state index contributed by atoms with van der Waals surface area (Å²) in [6.45, 7) is 5.99.